The van der Waals surface area contributed by atoms with Crippen molar-refractivity contribution in [2.24, 2.45) is 0 Å². The van der Waals surface area contributed by atoms with Crippen molar-refractivity contribution >= 4 is 22.3 Å². The third kappa shape index (κ3) is 3.86. The molecular weight excluding hydrogens is 383 g/mol. The van der Waals surface area contributed by atoms with Crippen molar-refractivity contribution in [3.63, 3.8) is 0 Å². The van der Waals surface area contributed by atoms with Gasteiger partial charge in [0.1, 0.15) is 17.4 Å². The maximum Gasteiger partial charge on any atom is 0.132 e. The van der Waals surface area contributed by atoms with E-state index in [1.165, 1.54) is 12.1 Å². The molecule has 0 saturated carbocycles. The van der Waals surface area contributed by atoms with Crippen LogP contribution in [0.5, 0.6) is 5.75 Å². The van der Waals surface area contributed by atoms with Gasteiger partial charge in [-0.1, -0.05) is 18.2 Å². The maximum absolute atomic E-state index is 13.5. The van der Waals surface area contributed by atoms with Crippen molar-refractivity contribution in [2.75, 3.05) is 44.8 Å². The number of benzene rings is 2. The molecule has 1 aliphatic carbocycles. The van der Waals surface area contributed by atoms with Crippen LogP contribution in [0.15, 0.2) is 48.5 Å². The molecule has 2 heterocycles. The minimum absolute atomic E-state index is 0.271. The van der Waals surface area contributed by atoms with E-state index in [-0.39, 0.29) is 5.82 Å². The lowest BCUT2D eigenvalue weighted by Crippen LogP contribution is -2.37. The molecule has 2 aromatic rings. The summed E-state index contributed by atoms with van der Waals surface area (Å²) in [5, 5.41) is 11.8. The first kappa shape index (κ1) is 19.0. The van der Waals surface area contributed by atoms with Crippen LogP contribution in [-0.4, -0.2) is 54.6 Å². The molecule has 0 atom stereocenters. The molecule has 7 heteroatoms. The molecule has 156 valence electrons. The number of ether oxygens (including phenoxy) is 2. The van der Waals surface area contributed by atoms with Gasteiger partial charge in [0.05, 0.1) is 25.5 Å². The molecule has 6 nitrogen and oxygen atoms in total. The summed E-state index contributed by atoms with van der Waals surface area (Å²) in [5.41, 5.74) is 2.71. The van der Waals surface area contributed by atoms with E-state index in [4.69, 9.17) is 9.47 Å². The van der Waals surface area contributed by atoms with Gasteiger partial charge in [0.15, 0.2) is 0 Å². The highest BCUT2D eigenvalue weighted by atomic mass is 19.1. The van der Waals surface area contributed by atoms with E-state index in [0.717, 1.165) is 72.9 Å². The number of rotatable bonds is 7. The van der Waals surface area contributed by atoms with Crippen LogP contribution in [0.3, 0.4) is 0 Å². The molecule has 0 bridgehead atoms. The number of morpholine rings is 1. The van der Waals surface area contributed by atoms with Gasteiger partial charge in [-0.3, -0.25) is 15.1 Å². The molecule has 0 amide bonds. The summed E-state index contributed by atoms with van der Waals surface area (Å²) in [5.74, 6) is 1.41. The van der Waals surface area contributed by atoms with Crippen LogP contribution in [0.2, 0.25) is 0 Å². The third-order valence-electron chi connectivity index (χ3n) is 5.55. The van der Waals surface area contributed by atoms with E-state index in [0.29, 0.717) is 12.3 Å². The highest BCUT2D eigenvalue weighted by Crippen LogP contribution is 2.41. The topological polar surface area (TPSA) is 65.3 Å². The number of nitrogens with one attached hydrogen (secondary N) is 3. The SMILES string of the molecule is Fc1cccc(Nc2[nH][nH]c3c4cccc(OCCCN5CCOCC5)c4cc2-3)c1. The first-order valence-corrected chi connectivity index (χ1v) is 10.4. The summed E-state index contributed by atoms with van der Waals surface area (Å²) in [6.45, 7) is 5.35. The minimum atomic E-state index is -0.271. The Bertz CT molecular complexity index is 1100. The highest BCUT2D eigenvalue weighted by Gasteiger charge is 2.19. The molecule has 1 fully saturated rings. The second-order valence-corrected chi connectivity index (χ2v) is 7.57. The normalized spacial score (nSPS) is 15.1. The number of aromatic nitrogens is 2. The Morgan fingerprint density at radius 2 is 1.90 bits per heavy atom. The summed E-state index contributed by atoms with van der Waals surface area (Å²) in [4.78, 5) is 2.42. The van der Waals surface area contributed by atoms with Crippen LogP contribution < -0.4 is 10.1 Å². The fourth-order valence-electron chi connectivity index (χ4n) is 4.03. The van der Waals surface area contributed by atoms with E-state index >= 15 is 0 Å². The summed E-state index contributed by atoms with van der Waals surface area (Å²) in [7, 11) is 0. The van der Waals surface area contributed by atoms with Gasteiger partial charge < -0.3 is 14.8 Å². The average molecular weight is 408 g/mol. The lowest BCUT2D eigenvalue weighted by atomic mass is 10.2. The van der Waals surface area contributed by atoms with Gasteiger partial charge in [0.25, 0.3) is 0 Å². The fraction of sp³-hybridized carbons (Fsp3) is 0.304. The molecule has 5 rings (SSSR count). The van der Waals surface area contributed by atoms with Crippen molar-refractivity contribution in [3.8, 4) is 17.0 Å². The number of hydrogen-bond donors (Lipinski definition) is 3. The van der Waals surface area contributed by atoms with Gasteiger partial charge in [0.2, 0.25) is 0 Å². The van der Waals surface area contributed by atoms with Gasteiger partial charge in [0, 0.05) is 41.7 Å². The number of aromatic amines is 2. The maximum atomic E-state index is 13.5. The van der Waals surface area contributed by atoms with Gasteiger partial charge in [-0.25, -0.2) is 4.39 Å². The number of hydrogen-bond acceptors (Lipinski definition) is 4. The van der Waals surface area contributed by atoms with Crippen LogP contribution in [0.4, 0.5) is 15.9 Å². The Morgan fingerprint density at radius 3 is 2.77 bits per heavy atom. The monoisotopic (exact) mass is 408 g/mol. The van der Waals surface area contributed by atoms with Crippen LogP contribution in [0.1, 0.15) is 6.42 Å². The zero-order chi connectivity index (χ0) is 20.3. The van der Waals surface area contributed by atoms with Gasteiger partial charge in [-0.2, -0.15) is 0 Å². The van der Waals surface area contributed by atoms with Gasteiger partial charge >= 0.3 is 0 Å². The average Bonchev–Trinajstić information content (AvgIpc) is 3.33. The Morgan fingerprint density at radius 1 is 1.03 bits per heavy atom. The summed E-state index contributed by atoms with van der Waals surface area (Å²) < 4.78 is 25.0. The molecule has 0 spiro atoms. The van der Waals surface area contributed by atoms with E-state index in [2.05, 4.69) is 32.5 Å². The van der Waals surface area contributed by atoms with Crippen molar-refractivity contribution in [1.29, 1.82) is 0 Å². The molecular formula is C23H25FN4O2. The van der Waals surface area contributed by atoms with Crippen LogP contribution in [0, 0.1) is 5.82 Å². The molecule has 0 radical (unpaired) electrons. The molecule has 2 aliphatic heterocycles. The smallest absolute Gasteiger partial charge is 0.132 e. The highest BCUT2D eigenvalue weighted by molar-refractivity contribution is 6.06. The standard InChI is InChI=1S/C23H25FN4O2/c24-16-4-1-5-17(14-16)25-23-20-15-19-18(22(20)26-27-23)6-2-7-21(19)30-11-3-8-28-9-12-29-13-10-28/h1-2,4-7,14-15,25-27H,3,8-13H2. The van der Waals surface area contributed by atoms with Crippen molar-refractivity contribution in [3.05, 3.63) is 54.3 Å². The zero-order valence-corrected chi connectivity index (χ0v) is 16.7. The van der Waals surface area contributed by atoms with Crippen LogP contribution in [0.25, 0.3) is 22.0 Å². The molecule has 3 aliphatic rings. The minimum Gasteiger partial charge on any atom is -0.493 e. The molecule has 0 unspecified atom stereocenters. The molecule has 3 N–H and O–H groups in total. The van der Waals surface area contributed by atoms with E-state index in [1.54, 1.807) is 6.07 Å². The Labute approximate surface area is 174 Å². The Kier molecular flexibility index (Phi) is 5.29. The second kappa shape index (κ2) is 8.38. The van der Waals surface area contributed by atoms with E-state index < -0.39 is 0 Å². The quantitative estimate of drug-likeness (QED) is 0.392. The number of nitrogens with zero attached hydrogens (tertiary/aromatic N) is 1. The lowest BCUT2D eigenvalue weighted by Gasteiger charge is -2.26. The number of anilines is 2. The molecule has 30 heavy (non-hydrogen) atoms. The summed E-state index contributed by atoms with van der Waals surface area (Å²) in [6.07, 6.45) is 0.981. The first-order valence-electron chi connectivity index (χ1n) is 10.4. The van der Waals surface area contributed by atoms with E-state index in [9.17, 15) is 4.39 Å². The number of halogens is 1. The predicted octanol–water partition coefficient (Wildman–Crippen LogP) is 4.58. The number of H-pyrrole nitrogens is 2. The molecule has 1 saturated heterocycles. The van der Waals surface area contributed by atoms with Crippen molar-refractivity contribution in [1.82, 2.24) is 15.1 Å². The third-order valence-corrected chi connectivity index (χ3v) is 5.55. The fourth-order valence-corrected chi connectivity index (χ4v) is 4.03. The molecule has 2 aromatic carbocycles. The van der Waals surface area contributed by atoms with Crippen LogP contribution in [-0.2, 0) is 4.74 Å². The second-order valence-electron chi connectivity index (χ2n) is 7.57. The summed E-state index contributed by atoms with van der Waals surface area (Å²) in [6, 6.07) is 14.6. The number of fused-ring (bicyclic) bond motifs is 3. The van der Waals surface area contributed by atoms with Crippen molar-refractivity contribution in [2.45, 2.75) is 6.42 Å². The largest absolute Gasteiger partial charge is 0.493 e. The predicted molar refractivity (Wildman–Crippen MR) is 116 cm³/mol. The summed E-state index contributed by atoms with van der Waals surface area (Å²) >= 11 is 0. The lowest BCUT2D eigenvalue weighted by molar-refractivity contribution is 0.0358. The Hall–Kier alpha value is -3.03. The molecule has 0 aromatic heterocycles. The van der Waals surface area contributed by atoms with Gasteiger partial charge in [-0.15, -0.1) is 0 Å². The van der Waals surface area contributed by atoms with Crippen molar-refractivity contribution < 1.29 is 13.9 Å². The van der Waals surface area contributed by atoms with Crippen LogP contribution >= 0.6 is 0 Å². The van der Waals surface area contributed by atoms with Gasteiger partial charge in [-0.05, 0) is 36.8 Å². The zero-order valence-electron chi connectivity index (χ0n) is 16.7. The Balaban J connectivity index is 1.31. The first-order chi connectivity index (χ1) is 14.8. The van der Waals surface area contributed by atoms with E-state index in [1.807, 2.05) is 18.2 Å².